The Labute approximate surface area is 127 Å². The first-order chi connectivity index (χ1) is 8.25. The molecule has 0 aliphatic heterocycles. The van der Waals surface area contributed by atoms with Crippen molar-refractivity contribution in [3.05, 3.63) is 34.4 Å². The van der Waals surface area contributed by atoms with Gasteiger partial charge < -0.3 is 0 Å². The van der Waals surface area contributed by atoms with Gasteiger partial charge in [0.2, 0.25) is 0 Å². The Hall–Kier alpha value is 0.162. The zero-order valence-electron chi connectivity index (χ0n) is 9.82. The third-order valence-electron chi connectivity index (χ3n) is 3.87. The van der Waals surface area contributed by atoms with Crippen LogP contribution in [-0.2, 0) is 0 Å². The maximum absolute atomic E-state index is 3.60. The standard InChI is InChI=1S/C14H15BrN.Tl/c15-11-6-7-14-12(8-11)13(9-16-14)10-4-2-1-3-5-10;/h6-10H,1-5H2;/q-1;+1. The number of aromatic nitrogens is 1. The van der Waals surface area contributed by atoms with E-state index in [1.807, 2.05) is 0 Å². The topological polar surface area (TPSA) is 4.93 Å². The first kappa shape index (κ1) is 12.2. The predicted molar refractivity (Wildman–Crippen MR) is 76.6 cm³/mol. The van der Waals surface area contributed by atoms with Crippen molar-refractivity contribution in [1.82, 2.24) is 2.38 Å². The van der Waals surface area contributed by atoms with Crippen molar-refractivity contribution >= 4 is 52.9 Å². The zero-order chi connectivity index (χ0) is 11.8. The van der Waals surface area contributed by atoms with Gasteiger partial charge >= 0.3 is 128 Å². The van der Waals surface area contributed by atoms with Crippen molar-refractivity contribution in [2.24, 2.45) is 0 Å². The van der Waals surface area contributed by atoms with E-state index in [0.717, 1.165) is 32.0 Å². The molecule has 0 amide bonds. The average molecular weight is 482 g/mol. The van der Waals surface area contributed by atoms with Crippen molar-refractivity contribution in [1.29, 1.82) is 0 Å². The summed E-state index contributed by atoms with van der Waals surface area (Å²) < 4.78 is 3.64. The fraction of sp³-hybridized carbons (Fsp3) is 0.429. The monoisotopic (exact) mass is 481 g/mol. The van der Waals surface area contributed by atoms with E-state index in [9.17, 15) is 0 Å². The Bertz CT molecular complexity index is 540. The number of hydrogen-bond donors (Lipinski definition) is 0. The summed E-state index contributed by atoms with van der Waals surface area (Å²) in [5.41, 5.74) is 3.03. The molecule has 3 rings (SSSR count). The quantitative estimate of drug-likeness (QED) is 0.533. The van der Waals surface area contributed by atoms with Gasteiger partial charge in [0.05, 0.1) is 0 Å². The molecule has 1 fully saturated rings. The molecule has 1 aromatic heterocycles. The van der Waals surface area contributed by atoms with E-state index in [2.05, 4.69) is 42.7 Å². The second-order valence-electron chi connectivity index (χ2n) is 4.99. The van der Waals surface area contributed by atoms with Crippen LogP contribution in [0.15, 0.2) is 28.9 Å². The van der Waals surface area contributed by atoms with Gasteiger partial charge in [-0.3, -0.25) is 0 Å². The first-order valence-electron chi connectivity index (χ1n) is 6.31. The number of fused-ring (bicyclic) bond motifs is 1. The van der Waals surface area contributed by atoms with E-state index in [4.69, 9.17) is 0 Å². The number of halogens is 1. The fourth-order valence-electron chi connectivity index (χ4n) is 2.99. The molecule has 1 nitrogen and oxygen atoms in total. The molecule has 0 bridgehead atoms. The Kier molecular flexibility index (Phi) is 3.62. The molecule has 0 unspecified atom stereocenters. The van der Waals surface area contributed by atoms with Gasteiger partial charge in [-0.05, 0) is 0 Å². The number of benzene rings is 1. The van der Waals surface area contributed by atoms with Crippen molar-refractivity contribution in [3.8, 4) is 0 Å². The molecule has 0 N–H and O–H groups in total. The van der Waals surface area contributed by atoms with Crippen LogP contribution in [0.4, 0.5) is 0 Å². The van der Waals surface area contributed by atoms with Gasteiger partial charge in [-0.1, -0.05) is 0 Å². The van der Waals surface area contributed by atoms with Crippen molar-refractivity contribution in [2.45, 2.75) is 38.0 Å². The molecule has 3 heteroatoms. The van der Waals surface area contributed by atoms with Gasteiger partial charge in [-0.25, -0.2) is 0 Å². The predicted octanol–water partition coefficient (Wildman–Crippen LogP) is 4.38. The summed E-state index contributed by atoms with van der Waals surface area (Å²) in [6.45, 7) is 0. The van der Waals surface area contributed by atoms with Gasteiger partial charge in [-0.15, -0.1) is 0 Å². The third-order valence-corrected chi connectivity index (χ3v) is 6.03. The molecule has 0 atom stereocenters. The number of nitrogens with zero attached hydrogens (tertiary/aromatic N) is 1. The molecule has 0 saturated heterocycles. The van der Waals surface area contributed by atoms with Crippen LogP contribution in [0.1, 0.15) is 43.6 Å². The van der Waals surface area contributed by atoms with Crippen LogP contribution in [0.2, 0.25) is 0 Å². The fourth-order valence-corrected chi connectivity index (χ4v) is 4.85. The van der Waals surface area contributed by atoms with Crippen LogP contribution in [-0.4, -0.2) is 28.4 Å². The molecular weight excluding hydrogens is 466 g/mol. The molecule has 1 aromatic carbocycles. The minimum atomic E-state index is 0.806. The summed E-state index contributed by atoms with van der Waals surface area (Å²) in [6.07, 6.45) is 9.44. The summed E-state index contributed by atoms with van der Waals surface area (Å²) in [5, 5.41) is 1.48. The SMILES string of the molecule is Brc1ccc2c(c1)c(C1CCCCC1)c[n]2[Tl]. The van der Waals surface area contributed by atoms with Crippen LogP contribution in [0, 0.1) is 0 Å². The normalized spacial score (nSPS) is 17.6. The summed E-state index contributed by atoms with van der Waals surface area (Å²) in [5.74, 6) is 0.806. The van der Waals surface area contributed by atoms with Crippen molar-refractivity contribution < 1.29 is 0 Å². The summed E-state index contributed by atoms with van der Waals surface area (Å²) in [4.78, 5) is 0. The van der Waals surface area contributed by atoms with Gasteiger partial charge in [-0.2, -0.15) is 0 Å². The Balaban J connectivity index is 2.11. The van der Waals surface area contributed by atoms with Crippen molar-refractivity contribution in [2.75, 3.05) is 0 Å². The Morgan fingerprint density at radius 1 is 1.18 bits per heavy atom. The van der Waals surface area contributed by atoms with E-state index in [0.29, 0.717) is 0 Å². The zero-order valence-corrected chi connectivity index (χ0v) is 15.9. The molecular formula is C14H15BrNTl. The van der Waals surface area contributed by atoms with Crippen LogP contribution in [0.25, 0.3) is 10.9 Å². The maximum atomic E-state index is 3.60. The van der Waals surface area contributed by atoms with E-state index < -0.39 is 0 Å². The van der Waals surface area contributed by atoms with Gasteiger partial charge in [0.1, 0.15) is 0 Å². The van der Waals surface area contributed by atoms with Crippen LogP contribution >= 0.6 is 15.9 Å². The number of hydrogen-bond acceptors (Lipinski definition) is 0. The Morgan fingerprint density at radius 3 is 2.71 bits per heavy atom. The molecule has 1 aliphatic rings. The minimum absolute atomic E-state index is 0.806. The van der Waals surface area contributed by atoms with Crippen LogP contribution in [0.5, 0.6) is 0 Å². The van der Waals surface area contributed by atoms with E-state index in [1.165, 1.54) is 47.5 Å². The molecule has 0 radical (unpaired) electrons. The first-order valence-corrected chi connectivity index (χ1v) is 9.11. The van der Waals surface area contributed by atoms with Gasteiger partial charge in [0.25, 0.3) is 0 Å². The average Bonchev–Trinajstić information content (AvgIpc) is 2.67. The number of rotatable bonds is 1. The van der Waals surface area contributed by atoms with E-state index >= 15 is 0 Å². The van der Waals surface area contributed by atoms with Crippen LogP contribution < -0.4 is 0 Å². The molecule has 2 aromatic rings. The second-order valence-corrected chi connectivity index (χ2v) is 8.07. The van der Waals surface area contributed by atoms with Gasteiger partial charge in [0, 0.05) is 0 Å². The van der Waals surface area contributed by atoms with Crippen LogP contribution in [0.3, 0.4) is 0 Å². The molecule has 1 heterocycles. The summed E-state index contributed by atoms with van der Waals surface area (Å²) in [7, 11) is 0. The van der Waals surface area contributed by atoms with Crippen molar-refractivity contribution in [3.63, 3.8) is 0 Å². The summed E-state index contributed by atoms with van der Waals surface area (Å²) >= 11 is 4.47. The second kappa shape index (κ2) is 5.04. The molecule has 1 saturated carbocycles. The Morgan fingerprint density at radius 2 is 1.94 bits per heavy atom. The van der Waals surface area contributed by atoms with E-state index in [-0.39, 0.29) is 0 Å². The molecule has 86 valence electrons. The molecule has 17 heavy (non-hydrogen) atoms. The molecule has 0 spiro atoms. The van der Waals surface area contributed by atoms with E-state index in [1.54, 1.807) is 5.56 Å². The molecule has 1 aliphatic carbocycles. The summed E-state index contributed by atoms with van der Waals surface area (Å²) in [6, 6.07) is 6.72. The van der Waals surface area contributed by atoms with Gasteiger partial charge in [0.15, 0.2) is 0 Å². The third kappa shape index (κ3) is 2.35.